The monoisotopic (exact) mass is 359 g/mol. The highest BCUT2D eigenvalue weighted by Crippen LogP contribution is 2.35. The molecule has 0 fully saturated rings. The summed E-state index contributed by atoms with van der Waals surface area (Å²) in [6.07, 6.45) is 0. The fraction of sp³-hybridized carbons (Fsp3) is 0.0952. The highest BCUT2D eigenvalue weighted by molar-refractivity contribution is 5.71. The Balaban J connectivity index is 1.95. The molecule has 0 saturated heterocycles. The highest BCUT2D eigenvalue weighted by atomic mass is 16.6. The number of hydrogen-bond donors (Lipinski definition) is 1. The molecule has 0 saturated carbocycles. The molecule has 1 N–H and O–H groups in total. The Morgan fingerprint density at radius 3 is 2.30 bits per heavy atom. The maximum atomic E-state index is 11.4. The normalized spacial score (nSPS) is 10.1. The van der Waals surface area contributed by atoms with E-state index in [1.54, 1.807) is 36.4 Å². The van der Waals surface area contributed by atoms with Gasteiger partial charge in [-0.15, -0.1) is 0 Å². The summed E-state index contributed by atoms with van der Waals surface area (Å²) < 4.78 is 5.98. The third-order valence-corrected chi connectivity index (χ3v) is 4.09. The number of nitrogens with one attached hydrogen (secondary N) is 1. The van der Waals surface area contributed by atoms with Crippen molar-refractivity contribution in [3.8, 4) is 17.6 Å². The van der Waals surface area contributed by atoms with Crippen LogP contribution in [0, 0.1) is 35.3 Å². The van der Waals surface area contributed by atoms with Crippen LogP contribution < -0.4 is 10.1 Å². The summed E-state index contributed by atoms with van der Waals surface area (Å²) in [6, 6.07) is 19.2. The van der Waals surface area contributed by atoms with Crippen molar-refractivity contribution in [2.45, 2.75) is 13.8 Å². The van der Waals surface area contributed by atoms with Crippen molar-refractivity contribution in [1.82, 2.24) is 0 Å². The van der Waals surface area contributed by atoms with Gasteiger partial charge < -0.3 is 10.1 Å². The van der Waals surface area contributed by atoms with Crippen LogP contribution in [0.4, 0.5) is 17.1 Å². The van der Waals surface area contributed by atoms with Crippen LogP contribution in [0.2, 0.25) is 0 Å². The van der Waals surface area contributed by atoms with E-state index in [-0.39, 0.29) is 5.69 Å². The first-order valence-corrected chi connectivity index (χ1v) is 8.27. The molecule has 3 rings (SSSR count). The van der Waals surface area contributed by atoms with Gasteiger partial charge in [0.05, 0.1) is 16.6 Å². The molecule has 0 aliphatic rings. The van der Waals surface area contributed by atoms with Gasteiger partial charge in [-0.2, -0.15) is 5.26 Å². The molecule has 0 unspecified atom stereocenters. The maximum absolute atomic E-state index is 11.4. The van der Waals surface area contributed by atoms with Crippen LogP contribution >= 0.6 is 0 Å². The number of ether oxygens (including phenoxy) is 1. The van der Waals surface area contributed by atoms with Gasteiger partial charge in [0.2, 0.25) is 0 Å². The Morgan fingerprint density at radius 2 is 1.70 bits per heavy atom. The second-order valence-electron chi connectivity index (χ2n) is 6.07. The number of aryl methyl sites for hydroxylation is 2. The van der Waals surface area contributed by atoms with E-state index in [1.807, 2.05) is 38.1 Å². The van der Waals surface area contributed by atoms with Crippen molar-refractivity contribution in [2.75, 3.05) is 5.32 Å². The van der Waals surface area contributed by atoms with Crippen LogP contribution in [0.1, 0.15) is 16.7 Å². The maximum Gasteiger partial charge on any atom is 0.292 e. The fourth-order valence-electron chi connectivity index (χ4n) is 2.70. The topological polar surface area (TPSA) is 88.2 Å². The van der Waals surface area contributed by atoms with E-state index in [1.165, 1.54) is 6.07 Å². The minimum absolute atomic E-state index is 0.0618. The van der Waals surface area contributed by atoms with Gasteiger partial charge >= 0.3 is 0 Å². The van der Waals surface area contributed by atoms with E-state index in [4.69, 9.17) is 10.00 Å². The fourth-order valence-corrected chi connectivity index (χ4v) is 2.70. The van der Waals surface area contributed by atoms with Crippen LogP contribution in [0.5, 0.6) is 11.5 Å². The SMILES string of the molecule is Cc1cccc(C)c1Oc1ccc([N+](=O)[O-])c(Nc2ccc(C#N)cc2)c1. The van der Waals surface area contributed by atoms with E-state index < -0.39 is 4.92 Å². The van der Waals surface area contributed by atoms with E-state index in [0.717, 1.165) is 16.9 Å². The number of rotatable bonds is 5. The summed E-state index contributed by atoms with van der Waals surface area (Å²) >= 11 is 0. The number of anilines is 2. The summed E-state index contributed by atoms with van der Waals surface area (Å²) in [6.45, 7) is 3.90. The average Bonchev–Trinajstić information content (AvgIpc) is 2.65. The zero-order valence-corrected chi connectivity index (χ0v) is 14.9. The van der Waals surface area contributed by atoms with Gasteiger partial charge in [-0.05, 0) is 55.3 Å². The zero-order valence-electron chi connectivity index (χ0n) is 14.9. The van der Waals surface area contributed by atoms with Gasteiger partial charge in [0.1, 0.15) is 17.2 Å². The first-order chi connectivity index (χ1) is 13.0. The van der Waals surface area contributed by atoms with Crippen LogP contribution in [0.3, 0.4) is 0 Å². The summed E-state index contributed by atoms with van der Waals surface area (Å²) in [5, 5.41) is 23.3. The van der Waals surface area contributed by atoms with Gasteiger partial charge in [0, 0.05) is 17.8 Å². The Kier molecular flexibility index (Phi) is 5.04. The molecule has 6 nitrogen and oxygen atoms in total. The van der Waals surface area contributed by atoms with E-state index in [0.29, 0.717) is 22.7 Å². The third kappa shape index (κ3) is 4.05. The summed E-state index contributed by atoms with van der Waals surface area (Å²) in [7, 11) is 0. The summed E-state index contributed by atoms with van der Waals surface area (Å²) in [4.78, 5) is 10.9. The molecule has 0 spiro atoms. The second kappa shape index (κ2) is 7.58. The minimum atomic E-state index is -0.450. The first kappa shape index (κ1) is 18.0. The lowest BCUT2D eigenvalue weighted by Crippen LogP contribution is -1.98. The van der Waals surface area contributed by atoms with Gasteiger partial charge in [-0.3, -0.25) is 10.1 Å². The molecule has 6 heteroatoms. The zero-order chi connectivity index (χ0) is 19.4. The molecule has 0 heterocycles. The van der Waals surface area contributed by atoms with Crippen molar-refractivity contribution in [3.05, 3.63) is 87.5 Å². The Hall–Kier alpha value is -3.85. The molecular weight excluding hydrogens is 342 g/mol. The van der Waals surface area contributed by atoms with Crippen LogP contribution in [0.15, 0.2) is 60.7 Å². The van der Waals surface area contributed by atoms with E-state index >= 15 is 0 Å². The average molecular weight is 359 g/mol. The lowest BCUT2D eigenvalue weighted by atomic mass is 10.1. The van der Waals surface area contributed by atoms with Gasteiger partial charge in [-0.1, -0.05) is 18.2 Å². The number of nitro benzene ring substituents is 1. The molecule has 134 valence electrons. The molecule has 0 radical (unpaired) electrons. The van der Waals surface area contributed by atoms with Crippen molar-refractivity contribution >= 4 is 17.1 Å². The number of hydrogen-bond acceptors (Lipinski definition) is 5. The number of nitrogens with zero attached hydrogens (tertiary/aromatic N) is 2. The van der Waals surface area contributed by atoms with Gasteiger partial charge in [0.25, 0.3) is 5.69 Å². The quantitative estimate of drug-likeness (QED) is 0.472. The Morgan fingerprint density at radius 1 is 1.04 bits per heavy atom. The predicted octanol–water partition coefficient (Wildman–Crippen LogP) is 5.62. The molecule has 0 bridgehead atoms. The van der Waals surface area contributed by atoms with Crippen molar-refractivity contribution in [3.63, 3.8) is 0 Å². The molecule has 27 heavy (non-hydrogen) atoms. The number of nitriles is 1. The second-order valence-corrected chi connectivity index (χ2v) is 6.07. The highest BCUT2D eigenvalue weighted by Gasteiger charge is 2.16. The largest absolute Gasteiger partial charge is 0.457 e. The van der Waals surface area contributed by atoms with Crippen LogP contribution in [-0.2, 0) is 0 Å². The summed E-state index contributed by atoms with van der Waals surface area (Å²) in [5.74, 6) is 1.23. The van der Waals surface area contributed by atoms with Crippen molar-refractivity contribution in [1.29, 1.82) is 5.26 Å². The first-order valence-electron chi connectivity index (χ1n) is 8.27. The van der Waals surface area contributed by atoms with Crippen molar-refractivity contribution in [2.24, 2.45) is 0 Å². The Bertz CT molecular complexity index is 1020. The molecule has 0 aromatic heterocycles. The number of para-hydroxylation sites is 1. The number of benzene rings is 3. The van der Waals surface area contributed by atoms with Crippen molar-refractivity contribution < 1.29 is 9.66 Å². The van der Waals surface area contributed by atoms with E-state index in [9.17, 15) is 10.1 Å². The molecule has 0 atom stereocenters. The third-order valence-electron chi connectivity index (χ3n) is 4.09. The lowest BCUT2D eigenvalue weighted by Gasteiger charge is -2.13. The van der Waals surface area contributed by atoms with E-state index in [2.05, 4.69) is 5.32 Å². The minimum Gasteiger partial charge on any atom is -0.457 e. The number of nitro groups is 1. The molecule has 3 aromatic rings. The standard InChI is InChI=1S/C21H17N3O3/c1-14-4-3-5-15(2)21(14)27-18-10-11-20(24(25)26)19(12-18)23-17-8-6-16(13-22)7-9-17/h3-12,23H,1-2H3. The Labute approximate surface area is 156 Å². The molecule has 0 aliphatic heterocycles. The lowest BCUT2D eigenvalue weighted by molar-refractivity contribution is -0.383. The van der Waals surface area contributed by atoms with Crippen LogP contribution in [0.25, 0.3) is 0 Å². The predicted molar refractivity (Wildman–Crippen MR) is 104 cm³/mol. The van der Waals surface area contributed by atoms with Gasteiger partial charge in [-0.25, -0.2) is 0 Å². The van der Waals surface area contributed by atoms with Gasteiger partial charge in [0.15, 0.2) is 0 Å². The molecular formula is C21H17N3O3. The smallest absolute Gasteiger partial charge is 0.292 e. The van der Waals surface area contributed by atoms with Crippen LogP contribution in [-0.4, -0.2) is 4.92 Å². The summed E-state index contributed by atoms with van der Waals surface area (Å²) in [5.41, 5.74) is 3.37. The molecule has 0 amide bonds. The molecule has 0 aliphatic carbocycles. The molecule has 3 aromatic carbocycles.